The highest BCUT2D eigenvalue weighted by molar-refractivity contribution is 6.22. The highest BCUT2D eigenvalue weighted by atomic mass is 15.0. The highest BCUT2D eigenvalue weighted by Gasteiger charge is 2.20. The molecule has 0 saturated carbocycles. The largest absolute Gasteiger partial charge is 0.309 e. The molecule has 266 valence electrons. The van der Waals surface area contributed by atoms with E-state index in [9.17, 15) is 0 Å². The zero-order valence-corrected chi connectivity index (χ0v) is 30.9. The molecule has 0 aliphatic heterocycles. The molecule has 0 aliphatic carbocycles. The first-order valence-corrected chi connectivity index (χ1v) is 19.3. The van der Waals surface area contributed by atoms with Gasteiger partial charge in [0.15, 0.2) is 5.82 Å². The molecule has 0 fully saturated rings. The van der Waals surface area contributed by atoms with Gasteiger partial charge in [-0.2, -0.15) is 0 Å². The van der Waals surface area contributed by atoms with Gasteiger partial charge >= 0.3 is 0 Å². The van der Waals surface area contributed by atoms with Crippen LogP contribution in [0.5, 0.6) is 0 Å². The van der Waals surface area contributed by atoms with E-state index in [-0.39, 0.29) is 0 Å². The Balaban J connectivity index is 1.16. The smallest absolute Gasteiger partial charge is 0.160 e. The molecule has 4 nitrogen and oxygen atoms in total. The minimum Gasteiger partial charge on any atom is -0.309 e. The number of fused-ring (bicyclic) bond motifs is 5. The van der Waals surface area contributed by atoms with Gasteiger partial charge in [0.25, 0.3) is 0 Å². The van der Waals surface area contributed by atoms with Gasteiger partial charge in [0.2, 0.25) is 0 Å². The number of para-hydroxylation sites is 1. The van der Waals surface area contributed by atoms with Gasteiger partial charge in [-0.05, 0) is 92.3 Å². The fraction of sp³-hybridized carbons (Fsp3) is 0. The van der Waals surface area contributed by atoms with Gasteiger partial charge in [0, 0.05) is 45.5 Å². The lowest BCUT2D eigenvalue weighted by Crippen LogP contribution is -1.97. The molecule has 3 heterocycles. The third-order valence-corrected chi connectivity index (χ3v) is 11.1. The maximum Gasteiger partial charge on any atom is 0.160 e. The first kappa shape index (κ1) is 32.7. The Bertz CT molecular complexity index is 3260. The van der Waals surface area contributed by atoms with Crippen molar-refractivity contribution in [2.75, 3.05) is 0 Å². The van der Waals surface area contributed by atoms with Crippen LogP contribution in [-0.4, -0.2) is 19.5 Å². The van der Waals surface area contributed by atoms with Crippen LogP contribution in [0, 0.1) is 0 Å². The SMILES string of the molecule is c1ccc(-c2cc(-c3ccc4c(-c5ccccc5)c5ccccc5c(-c5ccccc5)c4c3)nc(-c3ccc4c(c3)c3cnccc3n4-c3ccccc3)n2)cc1. The van der Waals surface area contributed by atoms with Gasteiger partial charge < -0.3 is 4.57 Å². The number of benzene rings is 8. The van der Waals surface area contributed by atoms with Gasteiger partial charge in [-0.15, -0.1) is 0 Å². The topological polar surface area (TPSA) is 43.6 Å². The molecule has 0 radical (unpaired) electrons. The van der Waals surface area contributed by atoms with Crippen LogP contribution >= 0.6 is 0 Å². The maximum atomic E-state index is 5.37. The number of nitrogens with zero attached hydrogens (tertiary/aromatic N) is 4. The van der Waals surface area contributed by atoms with E-state index in [1.54, 1.807) is 0 Å². The number of hydrogen-bond acceptors (Lipinski definition) is 3. The van der Waals surface area contributed by atoms with E-state index in [0.717, 1.165) is 55.6 Å². The van der Waals surface area contributed by atoms with Crippen LogP contribution in [0.4, 0.5) is 0 Å². The molecule has 4 heteroatoms. The predicted octanol–water partition coefficient (Wildman–Crippen LogP) is 13.6. The van der Waals surface area contributed by atoms with Crippen LogP contribution < -0.4 is 0 Å². The first-order chi connectivity index (χ1) is 28.3. The van der Waals surface area contributed by atoms with Gasteiger partial charge in [-0.1, -0.05) is 146 Å². The van der Waals surface area contributed by atoms with Crippen molar-refractivity contribution >= 4 is 43.4 Å². The molecule has 57 heavy (non-hydrogen) atoms. The summed E-state index contributed by atoms with van der Waals surface area (Å²) >= 11 is 0. The van der Waals surface area contributed by atoms with Crippen LogP contribution in [0.3, 0.4) is 0 Å². The van der Waals surface area contributed by atoms with Crippen molar-refractivity contribution in [1.82, 2.24) is 19.5 Å². The summed E-state index contributed by atoms with van der Waals surface area (Å²) in [4.78, 5) is 15.1. The van der Waals surface area contributed by atoms with Crippen molar-refractivity contribution in [2.24, 2.45) is 0 Å². The lowest BCUT2D eigenvalue weighted by molar-refractivity contribution is 1.17. The summed E-state index contributed by atoms with van der Waals surface area (Å²) in [7, 11) is 0. The Morgan fingerprint density at radius 1 is 0.333 bits per heavy atom. The van der Waals surface area contributed by atoms with E-state index in [1.165, 1.54) is 43.8 Å². The quantitative estimate of drug-likeness (QED) is 0.160. The van der Waals surface area contributed by atoms with Crippen molar-refractivity contribution in [3.8, 4) is 61.8 Å². The molecule has 8 aromatic carbocycles. The van der Waals surface area contributed by atoms with E-state index < -0.39 is 0 Å². The molecule has 0 bridgehead atoms. The molecule has 11 aromatic rings. The average molecular weight is 727 g/mol. The summed E-state index contributed by atoms with van der Waals surface area (Å²) < 4.78 is 2.30. The fourth-order valence-electron chi connectivity index (χ4n) is 8.51. The van der Waals surface area contributed by atoms with E-state index in [4.69, 9.17) is 9.97 Å². The molecular weight excluding hydrogens is 693 g/mol. The number of aromatic nitrogens is 4. The summed E-state index contributed by atoms with van der Waals surface area (Å²) in [5.41, 5.74) is 12.9. The van der Waals surface area contributed by atoms with E-state index in [1.807, 2.05) is 24.5 Å². The monoisotopic (exact) mass is 726 g/mol. The summed E-state index contributed by atoms with van der Waals surface area (Å²) in [6.07, 6.45) is 3.82. The van der Waals surface area contributed by atoms with E-state index >= 15 is 0 Å². The number of rotatable bonds is 6. The second kappa shape index (κ2) is 13.6. The van der Waals surface area contributed by atoms with Crippen LogP contribution in [-0.2, 0) is 0 Å². The van der Waals surface area contributed by atoms with Gasteiger partial charge in [0.1, 0.15) is 0 Å². The number of pyridine rings is 1. The van der Waals surface area contributed by atoms with Gasteiger partial charge in [-0.3, -0.25) is 4.98 Å². The third kappa shape index (κ3) is 5.58. The van der Waals surface area contributed by atoms with Crippen LogP contribution in [0.15, 0.2) is 207 Å². The molecule has 0 unspecified atom stereocenters. The molecule has 0 spiro atoms. The minimum atomic E-state index is 0.671. The van der Waals surface area contributed by atoms with Gasteiger partial charge in [0.05, 0.1) is 22.4 Å². The normalized spacial score (nSPS) is 11.5. The zero-order chi connectivity index (χ0) is 37.7. The Morgan fingerprint density at radius 2 is 0.842 bits per heavy atom. The van der Waals surface area contributed by atoms with Crippen LogP contribution in [0.25, 0.3) is 105 Å². The molecule has 0 amide bonds. The zero-order valence-electron chi connectivity index (χ0n) is 30.9. The minimum absolute atomic E-state index is 0.671. The van der Waals surface area contributed by atoms with E-state index in [0.29, 0.717) is 5.82 Å². The maximum absolute atomic E-state index is 5.37. The van der Waals surface area contributed by atoms with Crippen LogP contribution in [0.2, 0.25) is 0 Å². The van der Waals surface area contributed by atoms with Gasteiger partial charge in [-0.25, -0.2) is 9.97 Å². The Morgan fingerprint density at radius 3 is 1.51 bits per heavy atom. The lowest BCUT2D eigenvalue weighted by Gasteiger charge is -2.19. The molecular formula is C53H34N4. The third-order valence-electron chi connectivity index (χ3n) is 11.1. The second-order valence-electron chi connectivity index (χ2n) is 14.4. The Kier molecular flexibility index (Phi) is 7.78. The summed E-state index contributed by atoms with van der Waals surface area (Å²) in [5.74, 6) is 0.671. The van der Waals surface area contributed by atoms with Crippen molar-refractivity contribution in [3.63, 3.8) is 0 Å². The number of hydrogen-bond donors (Lipinski definition) is 0. The van der Waals surface area contributed by atoms with E-state index in [2.05, 4.69) is 192 Å². The molecule has 0 saturated heterocycles. The Hall–Kier alpha value is -7.69. The molecule has 3 aromatic heterocycles. The Labute approximate surface area is 330 Å². The molecule has 11 rings (SSSR count). The molecule has 0 atom stereocenters. The second-order valence-corrected chi connectivity index (χ2v) is 14.4. The summed E-state index contributed by atoms with van der Waals surface area (Å²) in [6.45, 7) is 0. The highest BCUT2D eigenvalue weighted by Crippen LogP contribution is 2.45. The predicted molar refractivity (Wildman–Crippen MR) is 236 cm³/mol. The van der Waals surface area contributed by atoms with Crippen molar-refractivity contribution in [1.29, 1.82) is 0 Å². The van der Waals surface area contributed by atoms with Crippen molar-refractivity contribution < 1.29 is 0 Å². The lowest BCUT2D eigenvalue weighted by atomic mass is 9.85. The van der Waals surface area contributed by atoms with Crippen LogP contribution in [0.1, 0.15) is 0 Å². The summed E-state index contributed by atoms with van der Waals surface area (Å²) in [5, 5.41) is 7.03. The molecule has 0 N–H and O–H groups in total. The molecule has 0 aliphatic rings. The fourth-order valence-corrected chi connectivity index (χ4v) is 8.51. The standard InChI is InChI=1S/C53H34N4/c1-5-15-35(16-6-1)47-33-48(56-53(55-47)39-26-28-49-44(32-39)46-34-54-30-29-50(46)57(49)40-21-11-4-12-22-40)38-25-27-43-45(31-38)52(37-19-9-3-10-20-37)42-24-14-13-23-41(42)51(43)36-17-7-2-8-18-36/h1-34H. The van der Waals surface area contributed by atoms with Crippen molar-refractivity contribution in [3.05, 3.63) is 207 Å². The summed E-state index contributed by atoms with van der Waals surface area (Å²) in [6, 6.07) is 68.8. The average Bonchev–Trinajstić information content (AvgIpc) is 3.62. The first-order valence-electron chi connectivity index (χ1n) is 19.3. The van der Waals surface area contributed by atoms with Crippen molar-refractivity contribution in [2.45, 2.75) is 0 Å².